The van der Waals surface area contributed by atoms with Gasteiger partial charge in [-0.2, -0.15) is 21.6 Å². The third-order valence-electron chi connectivity index (χ3n) is 2.98. The summed E-state index contributed by atoms with van der Waals surface area (Å²) in [6, 6.07) is 6.24. The summed E-state index contributed by atoms with van der Waals surface area (Å²) in [6.07, 6.45) is -4.61. The molecule has 0 saturated carbocycles. The van der Waals surface area contributed by atoms with Crippen molar-refractivity contribution in [3.63, 3.8) is 0 Å². The van der Waals surface area contributed by atoms with E-state index < -0.39 is 43.1 Å². The van der Waals surface area contributed by atoms with Crippen LogP contribution >= 0.6 is 0 Å². The average molecular weight is 361 g/mol. The second-order valence-electron chi connectivity index (χ2n) is 4.79. The summed E-state index contributed by atoms with van der Waals surface area (Å²) in [6.45, 7) is 1.57. The lowest BCUT2D eigenvalue weighted by atomic mass is 10.2. The standard InChI is InChI=1S/C14H10F3NO5S/c1-9-2-7-13(12(8-9)18(19)20)23-24(21,22)11-5-3-10(4-6-11)14(15,16)17/h2-8H,1H3. The molecule has 0 aliphatic heterocycles. The second-order valence-corrected chi connectivity index (χ2v) is 6.33. The van der Waals surface area contributed by atoms with Gasteiger partial charge in [-0.05, 0) is 42.8 Å². The van der Waals surface area contributed by atoms with Crippen molar-refractivity contribution in [2.45, 2.75) is 18.0 Å². The monoisotopic (exact) mass is 361 g/mol. The number of nitro benzene ring substituents is 1. The number of nitro groups is 1. The van der Waals surface area contributed by atoms with Gasteiger partial charge in [0.1, 0.15) is 4.90 Å². The van der Waals surface area contributed by atoms with Crippen LogP contribution in [0.3, 0.4) is 0 Å². The van der Waals surface area contributed by atoms with E-state index in [4.69, 9.17) is 4.18 Å². The van der Waals surface area contributed by atoms with Gasteiger partial charge in [-0.15, -0.1) is 0 Å². The average Bonchev–Trinajstić information content (AvgIpc) is 2.48. The summed E-state index contributed by atoms with van der Waals surface area (Å²) in [5.41, 5.74) is -1.07. The number of hydrogen-bond donors (Lipinski definition) is 0. The van der Waals surface area contributed by atoms with Crippen molar-refractivity contribution in [3.8, 4) is 5.75 Å². The number of aryl methyl sites for hydroxylation is 1. The summed E-state index contributed by atoms with van der Waals surface area (Å²) in [4.78, 5) is 9.59. The van der Waals surface area contributed by atoms with Crippen LogP contribution in [0.15, 0.2) is 47.4 Å². The number of halogens is 3. The van der Waals surface area contributed by atoms with Crippen LogP contribution in [-0.4, -0.2) is 13.3 Å². The van der Waals surface area contributed by atoms with E-state index in [-0.39, 0.29) is 0 Å². The van der Waals surface area contributed by atoms with Gasteiger partial charge >= 0.3 is 22.0 Å². The second kappa shape index (κ2) is 6.11. The van der Waals surface area contributed by atoms with Gasteiger partial charge in [0.25, 0.3) is 0 Å². The van der Waals surface area contributed by atoms with Gasteiger partial charge in [0.15, 0.2) is 0 Å². The molecule has 10 heteroatoms. The smallest absolute Gasteiger partial charge is 0.372 e. The number of benzene rings is 2. The summed E-state index contributed by atoms with van der Waals surface area (Å²) >= 11 is 0. The zero-order chi connectivity index (χ0) is 18.1. The minimum atomic E-state index is -4.61. The molecule has 0 aliphatic rings. The number of rotatable bonds is 4. The quantitative estimate of drug-likeness (QED) is 0.471. The molecule has 6 nitrogen and oxygen atoms in total. The number of hydrogen-bond acceptors (Lipinski definition) is 5. The Morgan fingerprint density at radius 2 is 1.67 bits per heavy atom. The van der Waals surface area contributed by atoms with Gasteiger partial charge in [0, 0.05) is 6.07 Å². The van der Waals surface area contributed by atoms with Crippen LogP contribution in [-0.2, 0) is 16.3 Å². The molecule has 128 valence electrons. The predicted molar refractivity (Wildman–Crippen MR) is 77.1 cm³/mol. The van der Waals surface area contributed by atoms with Crippen LogP contribution < -0.4 is 4.18 Å². The highest BCUT2D eigenvalue weighted by molar-refractivity contribution is 7.87. The van der Waals surface area contributed by atoms with Gasteiger partial charge in [0.2, 0.25) is 5.75 Å². The summed E-state index contributed by atoms with van der Waals surface area (Å²) in [5, 5.41) is 11.0. The number of nitrogens with zero attached hydrogens (tertiary/aromatic N) is 1. The molecule has 0 radical (unpaired) electrons. The first-order valence-electron chi connectivity index (χ1n) is 6.37. The topological polar surface area (TPSA) is 86.5 Å². The molecule has 24 heavy (non-hydrogen) atoms. The Balaban J connectivity index is 2.37. The molecule has 0 heterocycles. The fraction of sp³-hybridized carbons (Fsp3) is 0.143. The Hall–Kier alpha value is -2.62. The predicted octanol–water partition coefficient (Wildman–Crippen LogP) is 3.69. The van der Waals surface area contributed by atoms with Crippen molar-refractivity contribution in [2.24, 2.45) is 0 Å². The van der Waals surface area contributed by atoms with Gasteiger partial charge in [-0.25, -0.2) is 0 Å². The fourth-order valence-electron chi connectivity index (χ4n) is 1.82. The van der Waals surface area contributed by atoms with Crippen molar-refractivity contribution >= 4 is 15.8 Å². The SMILES string of the molecule is Cc1ccc(OS(=O)(=O)c2ccc(C(F)(F)F)cc2)c([N+](=O)[O-])c1. The van der Waals surface area contributed by atoms with Gasteiger partial charge in [-0.3, -0.25) is 10.1 Å². The van der Waals surface area contributed by atoms with Crippen molar-refractivity contribution in [2.75, 3.05) is 0 Å². The molecule has 0 unspecified atom stereocenters. The highest BCUT2D eigenvalue weighted by atomic mass is 32.2. The molecule has 0 bridgehead atoms. The third kappa shape index (κ3) is 3.82. The molecule has 2 aromatic carbocycles. The van der Waals surface area contributed by atoms with Crippen molar-refractivity contribution in [3.05, 3.63) is 63.7 Å². The van der Waals surface area contributed by atoms with E-state index in [1.165, 1.54) is 6.07 Å². The van der Waals surface area contributed by atoms with E-state index in [2.05, 4.69) is 0 Å². The maximum absolute atomic E-state index is 12.5. The molecule has 2 rings (SSSR count). The molecule has 0 amide bonds. The summed E-state index contributed by atoms with van der Waals surface area (Å²) in [7, 11) is -4.52. The first-order valence-corrected chi connectivity index (χ1v) is 7.78. The Morgan fingerprint density at radius 1 is 1.08 bits per heavy atom. The molecular weight excluding hydrogens is 351 g/mol. The van der Waals surface area contributed by atoms with E-state index in [1.807, 2.05) is 0 Å². The molecule has 0 aromatic heterocycles. The molecule has 0 aliphatic carbocycles. The van der Waals surface area contributed by atoms with Crippen molar-refractivity contribution in [1.29, 1.82) is 0 Å². The molecule has 0 atom stereocenters. The maximum Gasteiger partial charge on any atom is 0.416 e. The largest absolute Gasteiger partial charge is 0.416 e. The third-order valence-corrected chi connectivity index (χ3v) is 4.23. The lowest BCUT2D eigenvalue weighted by Gasteiger charge is -2.10. The first kappa shape index (κ1) is 17.7. The van der Waals surface area contributed by atoms with Gasteiger partial charge in [0.05, 0.1) is 10.5 Å². The lowest BCUT2D eigenvalue weighted by Crippen LogP contribution is -2.12. The van der Waals surface area contributed by atoms with Crippen LogP contribution in [0.1, 0.15) is 11.1 Å². The van der Waals surface area contributed by atoms with E-state index in [1.54, 1.807) is 6.92 Å². The van der Waals surface area contributed by atoms with Crippen LogP contribution in [0.5, 0.6) is 5.75 Å². The zero-order valence-electron chi connectivity index (χ0n) is 12.1. The zero-order valence-corrected chi connectivity index (χ0v) is 12.9. The first-order chi connectivity index (χ1) is 11.0. The van der Waals surface area contributed by atoms with E-state index >= 15 is 0 Å². The minimum absolute atomic E-state index is 0.515. The molecule has 2 aromatic rings. The molecule has 0 spiro atoms. The molecule has 0 saturated heterocycles. The van der Waals surface area contributed by atoms with Gasteiger partial charge < -0.3 is 4.18 Å². The Labute approximate surface area is 134 Å². The van der Waals surface area contributed by atoms with Gasteiger partial charge in [-0.1, -0.05) is 6.07 Å². The Kier molecular flexibility index (Phi) is 4.52. The fourth-order valence-corrected chi connectivity index (χ4v) is 2.76. The van der Waals surface area contributed by atoms with Crippen LogP contribution in [0.25, 0.3) is 0 Å². The Morgan fingerprint density at radius 3 is 2.17 bits per heavy atom. The van der Waals surface area contributed by atoms with Crippen LogP contribution in [0.2, 0.25) is 0 Å². The van der Waals surface area contributed by atoms with E-state index in [0.717, 1.165) is 24.3 Å². The van der Waals surface area contributed by atoms with Crippen molar-refractivity contribution in [1.82, 2.24) is 0 Å². The molecule has 0 N–H and O–H groups in total. The number of alkyl halides is 3. The Bertz CT molecular complexity index is 876. The van der Waals surface area contributed by atoms with Crippen LogP contribution in [0.4, 0.5) is 18.9 Å². The van der Waals surface area contributed by atoms with E-state index in [0.29, 0.717) is 17.7 Å². The maximum atomic E-state index is 12.5. The summed E-state index contributed by atoms with van der Waals surface area (Å²) < 4.78 is 66.4. The summed E-state index contributed by atoms with van der Waals surface area (Å²) in [5.74, 6) is -0.523. The van der Waals surface area contributed by atoms with Crippen LogP contribution in [0, 0.1) is 17.0 Å². The normalized spacial score (nSPS) is 12.0. The highest BCUT2D eigenvalue weighted by Crippen LogP contribution is 2.32. The van der Waals surface area contributed by atoms with E-state index in [9.17, 15) is 31.7 Å². The highest BCUT2D eigenvalue weighted by Gasteiger charge is 2.31. The lowest BCUT2D eigenvalue weighted by molar-refractivity contribution is -0.385. The van der Waals surface area contributed by atoms with Crippen molar-refractivity contribution < 1.29 is 30.7 Å². The minimum Gasteiger partial charge on any atom is -0.372 e. The molecule has 0 fully saturated rings. The molecular formula is C14H10F3NO5S.